The largest absolute Gasteiger partial charge is 0.491 e. The van der Waals surface area contributed by atoms with Gasteiger partial charge < -0.3 is 30.5 Å². The summed E-state index contributed by atoms with van der Waals surface area (Å²) in [6.07, 6.45) is -0.669. The van der Waals surface area contributed by atoms with Crippen molar-refractivity contribution in [2.75, 3.05) is 20.2 Å². The molecule has 220 valence electrons. The van der Waals surface area contributed by atoms with Crippen LogP contribution in [0.4, 0.5) is 0 Å². The molecule has 0 bridgehead atoms. The molecule has 0 fully saturated rings. The van der Waals surface area contributed by atoms with Gasteiger partial charge in [-0.3, -0.25) is 4.79 Å². The molecule has 9 heteroatoms. The number of para-hydroxylation sites is 1. The first-order valence-corrected chi connectivity index (χ1v) is 14.1. The second kappa shape index (κ2) is 14.2. The molecule has 4 rings (SSSR count). The fourth-order valence-corrected chi connectivity index (χ4v) is 5.20. The third-order valence-electron chi connectivity index (χ3n) is 7.35. The van der Waals surface area contributed by atoms with Crippen molar-refractivity contribution in [2.45, 2.75) is 39.1 Å². The van der Waals surface area contributed by atoms with Crippen molar-refractivity contribution in [2.24, 2.45) is 0 Å². The van der Waals surface area contributed by atoms with Gasteiger partial charge in [-0.15, -0.1) is 0 Å². The lowest BCUT2D eigenvalue weighted by Crippen LogP contribution is -2.41. The van der Waals surface area contributed by atoms with Crippen LogP contribution in [0, 0.1) is 0 Å². The molecule has 3 aromatic carbocycles. The molecule has 0 saturated carbocycles. The number of allylic oxidation sites excluding steroid dienone is 1. The summed E-state index contributed by atoms with van der Waals surface area (Å²) < 4.78 is 5.60. The van der Waals surface area contributed by atoms with Crippen LogP contribution in [0.3, 0.4) is 0 Å². The zero-order chi connectivity index (χ0) is 30.2. The first-order chi connectivity index (χ1) is 20.2. The molecular weight excluding hydrogens is 554 g/mol. The van der Waals surface area contributed by atoms with Crippen LogP contribution < -0.4 is 15.4 Å². The number of nitrogens with one attached hydrogen (secondary N) is 2. The van der Waals surface area contributed by atoms with E-state index in [4.69, 9.17) is 16.3 Å². The Labute approximate surface area is 251 Å². The smallest absolute Gasteiger partial charge is 0.338 e. The van der Waals surface area contributed by atoms with Crippen molar-refractivity contribution in [1.29, 1.82) is 0 Å². The second-order valence-electron chi connectivity index (χ2n) is 10.2. The molecule has 1 amide bonds. The number of amides is 1. The first-order valence-electron chi connectivity index (χ1n) is 13.8. The molecular formula is C33H36ClN3O5. The maximum Gasteiger partial charge on any atom is 0.338 e. The van der Waals surface area contributed by atoms with E-state index in [9.17, 15) is 19.8 Å². The van der Waals surface area contributed by atoms with Crippen LogP contribution in [-0.4, -0.2) is 59.3 Å². The molecule has 8 nitrogen and oxygen atoms in total. The van der Waals surface area contributed by atoms with Gasteiger partial charge in [0.25, 0.3) is 0 Å². The lowest BCUT2D eigenvalue weighted by Gasteiger charge is -2.37. The molecule has 1 aliphatic rings. The van der Waals surface area contributed by atoms with Crippen molar-refractivity contribution in [3.63, 3.8) is 0 Å². The normalized spacial score (nSPS) is 15.9. The number of rotatable bonds is 12. The Kier molecular flexibility index (Phi) is 10.4. The van der Waals surface area contributed by atoms with Crippen molar-refractivity contribution >= 4 is 29.1 Å². The van der Waals surface area contributed by atoms with Crippen LogP contribution >= 0.6 is 11.6 Å². The minimum absolute atomic E-state index is 0.0540. The molecule has 1 heterocycles. The van der Waals surface area contributed by atoms with Gasteiger partial charge in [0.2, 0.25) is 5.91 Å². The number of carboxylic acid groups (broad SMARTS) is 1. The number of carbonyl (C=O) groups is 2. The first kappa shape index (κ1) is 30.8. The highest BCUT2D eigenvalue weighted by molar-refractivity contribution is 6.33. The van der Waals surface area contributed by atoms with E-state index in [-0.39, 0.29) is 30.7 Å². The summed E-state index contributed by atoms with van der Waals surface area (Å²) >= 11 is 6.50. The van der Waals surface area contributed by atoms with Crippen LogP contribution in [0.25, 0.3) is 5.57 Å². The summed E-state index contributed by atoms with van der Waals surface area (Å²) in [5.41, 5.74) is 3.67. The highest BCUT2D eigenvalue weighted by Gasteiger charge is 2.36. The summed E-state index contributed by atoms with van der Waals surface area (Å²) in [6, 6.07) is 23.7. The Hall–Kier alpha value is -4.11. The number of likely N-dealkylation sites (N-methyl/N-ethyl adjacent to an activating group) is 1. The third kappa shape index (κ3) is 7.39. The monoisotopic (exact) mass is 589 g/mol. The highest BCUT2D eigenvalue weighted by Crippen LogP contribution is 2.40. The maximum absolute atomic E-state index is 13.7. The summed E-state index contributed by atoms with van der Waals surface area (Å²) in [6.45, 7) is 4.93. The van der Waals surface area contributed by atoms with Crippen LogP contribution in [-0.2, 0) is 22.7 Å². The van der Waals surface area contributed by atoms with Gasteiger partial charge >= 0.3 is 5.97 Å². The number of aliphatic carboxylic acids is 1. The Morgan fingerprint density at radius 1 is 1.00 bits per heavy atom. The van der Waals surface area contributed by atoms with Gasteiger partial charge in [-0.1, -0.05) is 72.3 Å². The number of carbonyl (C=O) groups excluding carboxylic acids is 1. The van der Waals surface area contributed by atoms with Crippen molar-refractivity contribution < 1.29 is 24.5 Å². The molecule has 2 unspecified atom stereocenters. The van der Waals surface area contributed by atoms with Gasteiger partial charge in [-0.05, 0) is 43.2 Å². The quantitative estimate of drug-likeness (QED) is 0.244. The zero-order valence-electron chi connectivity index (χ0n) is 23.9. The summed E-state index contributed by atoms with van der Waals surface area (Å²) in [7, 11) is 1.78. The minimum Gasteiger partial charge on any atom is -0.491 e. The number of nitrogens with zero attached hydrogens (tertiary/aromatic N) is 1. The molecule has 0 aliphatic carbocycles. The van der Waals surface area contributed by atoms with E-state index in [0.717, 1.165) is 11.1 Å². The fraction of sp³-hybridized carbons (Fsp3) is 0.273. The molecule has 1 aliphatic heterocycles. The number of aliphatic hydroxyl groups is 1. The Bertz CT molecular complexity index is 1490. The molecule has 0 spiro atoms. The lowest BCUT2D eigenvalue weighted by atomic mass is 9.84. The molecule has 0 radical (unpaired) electrons. The summed E-state index contributed by atoms with van der Waals surface area (Å²) in [5.74, 6) is -0.773. The lowest BCUT2D eigenvalue weighted by molar-refractivity contribution is -0.132. The third-order valence-corrected chi connectivity index (χ3v) is 7.68. The van der Waals surface area contributed by atoms with Crippen LogP contribution in [0.1, 0.15) is 30.5 Å². The Morgan fingerprint density at radius 3 is 2.36 bits per heavy atom. The van der Waals surface area contributed by atoms with E-state index in [2.05, 4.69) is 10.6 Å². The average molecular weight is 590 g/mol. The molecule has 0 saturated heterocycles. The van der Waals surface area contributed by atoms with Gasteiger partial charge in [0, 0.05) is 54.1 Å². The second-order valence-corrected chi connectivity index (χ2v) is 10.6. The zero-order valence-corrected chi connectivity index (χ0v) is 24.7. The van der Waals surface area contributed by atoms with E-state index in [1.54, 1.807) is 43.1 Å². The highest BCUT2D eigenvalue weighted by atomic mass is 35.5. The van der Waals surface area contributed by atoms with E-state index < -0.39 is 12.1 Å². The molecule has 3 aromatic rings. The molecule has 0 aromatic heterocycles. The standard InChI is InChI=1S/C33H36ClN3O5/c1-21-29(31(27-14-7-8-15-28(27)34)30(33(40)41)22(2)37(21)3)32(39)36-18-24-11-9-10-23(16-24)17-35-19-25(38)20-42-26-12-5-4-6-13-26/h4-16,21,25,35,38H,17-20H2,1-3H3,(H,36,39)(H,40,41). The molecule has 42 heavy (non-hydrogen) atoms. The van der Waals surface area contributed by atoms with E-state index in [1.807, 2.05) is 61.5 Å². The number of carboxylic acids is 1. The van der Waals surface area contributed by atoms with Crippen LogP contribution in [0.5, 0.6) is 5.75 Å². The number of hydrogen-bond donors (Lipinski definition) is 4. The van der Waals surface area contributed by atoms with Crippen LogP contribution in [0.2, 0.25) is 5.02 Å². The number of halogens is 1. The van der Waals surface area contributed by atoms with Gasteiger partial charge in [0.05, 0.1) is 11.6 Å². The van der Waals surface area contributed by atoms with E-state index in [1.165, 1.54) is 0 Å². The number of benzene rings is 3. The Balaban J connectivity index is 1.44. The number of hydrogen-bond acceptors (Lipinski definition) is 6. The SMILES string of the molecule is CC1=C(C(=O)O)C(c2ccccc2Cl)=C(C(=O)NCc2cccc(CNCC(O)COc3ccccc3)c2)C(C)N1C. The number of aliphatic hydroxyl groups excluding tert-OH is 1. The molecule has 4 N–H and O–H groups in total. The van der Waals surface area contributed by atoms with E-state index in [0.29, 0.717) is 46.3 Å². The Morgan fingerprint density at radius 2 is 1.67 bits per heavy atom. The van der Waals surface area contributed by atoms with E-state index >= 15 is 0 Å². The fourth-order valence-electron chi connectivity index (χ4n) is 4.97. The van der Waals surface area contributed by atoms with Crippen LogP contribution in [0.15, 0.2) is 95.7 Å². The van der Waals surface area contributed by atoms with Gasteiger partial charge in [-0.2, -0.15) is 0 Å². The average Bonchev–Trinajstić information content (AvgIpc) is 2.98. The predicted octanol–water partition coefficient (Wildman–Crippen LogP) is 4.63. The van der Waals surface area contributed by atoms with Gasteiger partial charge in [-0.25, -0.2) is 4.79 Å². The van der Waals surface area contributed by atoms with Crippen molar-refractivity contribution in [1.82, 2.24) is 15.5 Å². The minimum atomic E-state index is -1.12. The van der Waals surface area contributed by atoms with Gasteiger partial charge in [0.1, 0.15) is 18.5 Å². The molecule has 2 atom stereocenters. The summed E-state index contributed by atoms with van der Waals surface area (Å²) in [5, 5.41) is 27.0. The van der Waals surface area contributed by atoms with Crippen molar-refractivity contribution in [3.05, 3.63) is 117 Å². The number of ether oxygens (including phenoxy) is 1. The maximum atomic E-state index is 13.7. The summed E-state index contributed by atoms with van der Waals surface area (Å²) in [4.78, 5) is 27.9. The predicted molar refractivity (Wildman–Crippen MR) is 164 cm³/mol. The van der Waals surface area contributed by atoms with Crippen molar-refractivity contribution in [3.8, 4) is 5.75 Å². The topological polar surface area (TPSA) is 111 Å². The van der Waals surface area contributed by atoms with Gasteiger partial charge in [0.15, 0.2) is 0 Å².